The number of aryl methyl sites for hydroxylation is 1. The molecule has 1 aromatic carbocycles. The molecule has 1 aliphatic heterocycles. The lowest BCUT2D eigenvalue weighted by Crippen LogP contribution is -2.51. The molecule has 3 rings (SSSR count). The Morgan fingerprint density at radius 2 is 2.27 bits per heavy atom. The average molecular weight is 361 g/mol. The SMILES string of the molecule is O=C(CCn1cnc2ccccc2c1=O)N[C@H]1COCC[C@H]1OCCO. The molecule has 2 atom stereocenters. The van der Waals surface area contributed by atoms with E-state index >= 15 is 0 Å². The van der Waals surface area contributed by atoms with Gasteiger partial charge in [-0.1, -0.05) is 12.1 Å². The molecule has 0 radical (unpaired) electrons. The number of nitrogens with zero attached hydrogens (tertiary/aromatic N) is 2. The fourth-order valence-electron chi connectivity index (χ4n) is 3.02. The minimum Gasteiger partial charge on any atom is -0.394 e. The second-order valence-corrected chi connectivity index (χ2v) is 6.18. The fourth-order valence-corrected chi connectivity index (χ4v) is 3.02. The molecule has 0 aliphatic carbocycles. The molecule has 0 bridgehead atoms. The Morgan fingerprint density at radius 3 is 3.12 bits per heavy atom. The van der Waals surface area contributed by atoms with Crippen LogP contribution in [0.1, 0.15) is 12.8 Å². The summed E-state index contributed by atoms with van der Waals surface area (Å²) in [5.41, 5.74) is 0.481. The lowest BCUT2D eigenvalue weighted by molar-refractivity contribution is -0.126. The highest BCUT2D eigenvalue weighted by Crippen LogP contribution is 2.12. The number of benzene rings is 1. The van der Waals surface area contributed by atoms with Crippen molar-refractivity contribution >= 4 is 16.8 Å². The second-order valence-electron chi connectivity index (χ2n) is 6.18. The van der Waals surface area contributed by atoms with Gasteiger partial charge in [0, 0.05) is 19.6 Å². The number of rotatable bonds is 7. The number of amides is 1. The number of ether oxygens (including phenoxy) is 2. The Hall–Kier alpha value is -2.29. The lowest BCUT2D eigenvalue weighted by Gasteiger charge is -2.32. The molecule has 26 heavy (non-hydrogen) atoms. The van der Waals surface area contributed by atoms with Crippen molar-refractivity contribution < 1.29 is 19.4 Å². The van der Waals surface area contributed by atoms with E-state index in [2.05, 4.69) is 10.3 Å². The lowest BCUT2D eigenvalue weighted by atomic mass is 10.1. The van der Waals surface area contributed by atoms with E-state index in [0.29, 0.717) is 30.5 Å². The monoisotopic (exact) mass is 361 g/mol. The highest BCUT2D eigenvalue weighted by atomic mass is 16.5. The van der Waals surface area contributed by atoms with Gasteiger partial charge in [-0.05, 0) is 18.6 Å². The Bertz CT molecular complexity index is 807. The first kappa shape index (κ1) is 18.5. The molecule has 1 aromatic heterocycles. The minimum atomic E-state index is -0.255. The first-order valence-electron chi connectivity index (χ1n) is 8.73. The van der Waals surface area contributed by atoms with Crippen molar-refractivity contribution in [3.8, 4) is 0 Å². The van der Waals surface area contributed by atoms with Crippen LogP contribution >= 0.6 is 0 Å². The maximum Gasteiger partial charge on any atom is 0.261 e. The van der Waals surface area contributed by atoms with Crippen LogP contribution in [0.2, 0.25) is 0 Å². The zero-order valence-corrected chi connectivity index (χ0v) is 14.5. The van der Waals surface area contributed by atoms with Crippen molar-refractivity contribution in [3.05, 3.63) is 40.9 Å². The number of aliphatic hydroxyl groups excluding tert-OH is 1. The Kier molecular flexibility index (Phi) is 6.32. The summed E-state index contributed by atoms with van der Waals surface area (Å²) in [5.74, 6) is -0.182. The number of hydrogen-bond acceptors (Lipinski definition) is 6. The van der Waals surface area contributed by atoms with Gasteiger partial charge >= 0.3 is 0 Å². The zero-order valence-electron chi connectivity index (χ0n) is 14.5. The average Bonchev–Trinajstić information content (AvgIpc) is 2.67. The van der Waals surface area contributed by atoms with Crippen LogP contribution in [0.3, 0.4) is 0 Å². The van der Waals surface area contributed by atoms with Gasteiger partial charge in [0.15, 0.2) is 0 Å². The van der Waals surface area contributed by atoms with Gasteiger partial charge in [0.25, 0.3) is 5.56 Å². The first-order chi connectivity index (χ1) is 12.7. The van der Waals surface area contributed by atoms with Gasteiger partial charge in [-0.2, -0.15) is 0 Å². The number of hydrogen-bond donors (Lipinski definition) is 2. The van der Waals surface area contributed by atoms with Gasteiger partial charge in [-0.25, -0.2) is 4.98 Å². The smallest absolute Gasteiger partial charge is 0.261 e. The Balaban J connectivity index is 1.58. The van der Waals surface area contributed by atoms with Gasteiger partial charge in [-0.3, -0.25) is 14.2 Å². The van der Waals surface area contributed by atoms with Crippen molar-refractivity contribution in [1.82, 2.24) is 14.9 Å². The van der Waals surface area contributed by atoms with E-state index in [1.54, 1.807) is 18.2 Å². The third-order valence-electron chi connectivity index (χ3n) is 4.37. The standard InChI is InChI=1S/C18H23N3O5/c22-8-10-26-16-6-9-25-11-15(16)20-17(23)5-7-21-12-19-14-4-2-1-3-13(14)18(21)24/h1-4,12,15-16,22H,5-11H2,(H,20,23)/t15-,16+/m0/s1. The van der Waals surface area contributed by atoms with Crippen LogP contribution < -0.4 is 10.9 Å². The molecule has 140 valence electrons. The molecular weight excluding hydrogens is 338 g/mol. The molecule has 2 heterocycles. The molecule has 0 unspecified atom stereocenters. The summed E-state index contributed by atoms with van der Waals surface area (Å²) in [4.78, 5) is 28.9. The highest BCUT2D eigenvalue weighted by molar-refractivity contribution is 5.77. The van der Waals surface area contributed by atoms with E-state index in [4.69, 9.17) is 14.6 Å². The summed E-state index contributed by atoms with van der Waals surface area (Å²) in [6.45, 7) is 1.36. The number of carbonyl (C=O) groups excluding carboxylic acids is 1. The molecule has 0 saturated carbocycles. The predicted molar refractivity (Wildman–Crippen MR) is 94.8 cm³/mol. The molecule has 1 amide bonds. The summed E-state index contributed by atoms with van der Waals surface area (Å²) in [5, 5.41) is 12.3. The number of nitrogens with one attached hydrogen (secondary N) is 1. The van der Waals surface area contributed by atoms with Crippen LogP contribution in [-0.4, -0.2) is 59.1 Å². The van der Waals surface area contributed by atoms with Gasteiger partial charge < -0.3 is 19.9 Å². The van der Waals surface area contributed by atoms with Crippen LogP contribution in [0.25, 0.3) is 10.9 Å². The number of carbonyl (C=O) groups is 1. The predicted octanol–water partition coefficient (Wildman–Crippen LogP) is 0.0692. The first-order valence-corrected chi connectivity index (χ1v) is 8.73. The van der Waals surface area contributed by atoms with Crippen LogP contribution in [-0.2, 0) is 20.8 Å². The summed E-state index contributed by atoms with van der Waals surface area (Å²) in [6.07, 6.45) is 2.11. The quantitative estimate of drug-likeness (QED) is 0.723. The molecule has 8 heteroatoms. The zero-order chi connectivity index (χ0) is 18.4. The third-order valence-corrected chi connectivity index (χ3v) is 4.37. The van der Waals surface area contributed by atoms with Crippen LogP contribution in [0, 0.1) is 0 Å². The second kappa shape index (κ2) is 8.88. The normalized spacial score (nSPS) is 20.2. The summed E-state index contributed by atoms with van der Waals surface area (Å²) >= 11 is 0. The van der Waals surface area contributed by atoms with E-state index in [1.807, 2.05) is 6.07 Å². The molecular formula is C18H23N3O5. The summed E-state index contributed by atoms with van der Waals surface area (Å²) in [7, 11) is 0. The Labute approximate surface area is 150 Å². The van der Waals surface area contributed by atoms with Crippen molar-refractivity contribution in [2.24, 2.45) is 0 Å². The van der Waals surface area contributed by atoms with Crippen molar-refractivity contribution in [3.63, 3.8) is 0 Å². The van der Waals surface area contributed by atoms with Gasteiger partial charge in [-0.15, -0.1) is 0 Å². The van der Waals surface area contributed by atoms with Gasteiger partial charge in [0.2, 0.25) is 5.91 Å². The van der Waals surface area contributed by atoms with Gasteiger partial charge in [0.05, 0.1) is 49.2 Å². The molecule has 2 N–H and O–H groups in total. The number of fused-ring (bicyclic) bond motifs is 1. The molecule has 1 aliphatic rings. The molecule has 0 spiro atoms. The maximum atomic E-state index is 12.4. The minimum absolute atomic E-state index is 0.0596. The fraction of sp³-hybridized carbons (Fsp3) is 0.500. The van der Waals surface area contributed by atoms with E-state index in [9.17, 15) is 9.59 Å². The number of aromatic nitrogens is 2. The van der Waals surface area contributed by atoms with Crippen molar-refractivity contribution in [2.75, 3.05) is 26.4 Å². The van der Waals surface area contributed by atoms with E-state index < -0.39 is 0 Å². The summed E-state index contributed by atoms with van der Waals surface area (Å²) in [6, 6.07) is 6.87. The van der Waals surface area contributed by atoms with Crippen LogP contribution in [0.15, 0.2) is 35.4 Å². The van der Waals surface area contributed by atoms with Gasteiger partial charge in [0.1, 0.15) is 0 Å². The largest absolute Gasteiger partial charge is 0.394 e. The topological polar surface area (TPSA) is 103 Å². The molecule has 2 aromatic rings. The highest BCUT2D eigenvalue weighted by Gasteiger charge is 2.27. The Morgan fingerprint density at radius 1 is 1.42 bits per heavy atom. The van der Waals surface area contributed by atoms with Crippen molar-refractivity contribution in [1.29, 1.82) is 0 Å². The third kappa shape index (κ3) is 4.46. The maximum absolute atomic E-state index is 12.4. The number of aliphatic hydroxyl groups is 1. The van der Waals surface area contributed by atoms with E-state index in [-0.39, 0.29) is 49.8 Å². The molecule has 1 fully saturated rings. The molecule has 1 saturated heterocycles. The number of para-hydroxylation sites is 1. The van der Waals surface area contributed by atoms with E-state index in [0.717, 1.165) is 0 Å². The summed E-state index contributed by atoms with van der Waals surface area (Å²) < 4.78 is 12.4. The molecule has 8 nitrogen and oxygen atoms in total. The van der Waals surface area contributed by atoms with Crippen LogP contribution in [0.4, 0.5) is 0 Å². The van der Waals surface area contributed by atoms with Crippen molar-refractivity contribution in [2.45, 2.75) is 31.5 Å². The van der Waals surface area contributed by atoms with E-state index in [1.165, 1.54) is 10.9 Å². The van der Waals surface area contributed by atoms with Crippen LogP contribution in [0.5, 0.6) is 0 Å².